The van der Waals surface area contributed by atoms with E-state index in [1.165, 1.54) is 24.4 Å². The van der Waals surface area contributed by atoms with Gasteiger partial charge in [0.05, 0.1) is 0 Å². The van der Waals surface area contributed by atoms with Gasteiger partial charge in [-0.15, -0.1) is 0 Å². The third-order valence-corrected chi connectivity index (χ3v) is 3.13. The number of nitrogens with one attached hydrogen (secondary N) is 1. The molecule has 0 saturated heterocycles. The van der Waals surface area contributed by atoms with E-state index in [1.807, 2.05) is 0 Å². The van der Waals surface area contributed by atoms with Crippen molar-refractivity contribution >= 4 is 22.6 Å². The fourth-order valence-electron chi connectivity index (χ4n) is 1.39. The zero-order valence-corrected chi connectivity index (χ0v) is 8.47. The van der Waals surface area contributed by atoms with Gasteiger partial charge in [0.15, 0.2) is 0 Å². The molecule has 2 rings (SSSR count). The Morgan fingerprint density at radius 1 is 1.69 bits per heavy atom. The molecule has 4 nitrogen and oxygen atoms in total. The molecule has 1 unspecified atom stereocenters. The molecule has 0 aliphatic heterocycles. The van der Waals surface area contributed by atoms with Gasteiger partial charge >= 0.3 is 0 Å². The zero-order valence-electron chi connectivity index (χ0n) is 7.66. The first-order valence-electron chi connectivity index (χ1n) is 4.59. The van der Waals surface area contributed by atoms with E-state index in [0.717, 1.165) is 23.5 Å². The summed E-state index contributed by atoms with van der Waals surface area (Å²) in [5.74, 6) is 2.04. The number of nitrogens with zero attached hydrogens (tertiary/aromatic N) is 2. The van der Waals surface area contributed by atoms with Gasteiger partial charge in [0.25, 0.3) is 0 Å². The van der Waals surface area contributed by atoms with E-state index in [9.17, 15) is 0 Å². The normalized spacial score (nSPS) is 18.5. The number of nitrogen functional groups attached to an aromatic ring is 1. The van der Waals surface area contributed by atoms with Crippen molar-refractivity contribution in [3.63, 3.8) is 0 Å². The number of hydrogen-bond acceptors (Lipinski definition) is 5. The molecule has 0 amide bonds. The van der Waals surface area contributed by atoms with Gasteiger partial charge in [0, 0.05) is 18.1 Å². The van der Waals surface area contributed by atoms with Gasteiger partial charge in [-0.25, -0.2) is 0 Å². The summed E-state index contributed by atoms with van der Waals surface area (Å²) in [7, 11) is 0. The number of rotatable bonds is 4. The lowest BCUT2D eigenvalue weighted by molar-refractivity contribution is 0.536. The summed E-state index contributed by atoms with van der Waals surface area (Å²) in [6.07, 6.45) is 2.78. The lowest BCUT2D eigenvalue weighted by Gasteiger charge is -2.09. The molecule has 1 aromatic heterocycles. The van der Waals surface area contributed by atoms with E-state index in [1.54, 1.807) is 0 Å². The molecule has 1 heterocycles. The van der Waals surface area contributed by atoms with Crippen LogP contribution in [0.2, 0.25) is 0 Å². The minimum Gasteiger partial charge on any atom is -0.367 e. The second-order valence-electron chi connectivity index (χ2n) is 3.65. The molecule has 1 aromatic rings. The van der Waals surface area contributed by atoms with Gasteiger partial charge in [-0.2, -0.15) is 9.36 Å². The average molecular weight is 198 g/mol. The van der Waals surface area contributed by atoms with Crippen molar-refractivity contribution in [1.29, 1.82) is 0 Å². The third-order valence-electron chi connectivity index (χ3n) is 2.44. The van der Waals surface area contributed by atoms with Gasteiger partial charge in [-0.1, -0.05) is 6.92 Å². The van der Waals surface area contributed by atoms with Crippen LogP contribution in [0.15, 0.2) is 0 Å². The Hall–Kier alpha value is -0.840. The van der Waals surface area contributed by atoms with Crippen LogP contribution in [0.4, 0.5) is 11.1 Å². The van der Waals surface area contributed by atoms with Crippen molar-refractivity contribution in [2.75, 3.05) is 17.6 Å². The first kappa shape index (κ1) is 8.74. The minimum atomic E-state index is 0.367. The molecule has 1 saturated carbocycles. The van der Waals surface area contributed by atoms with Crippen molar-refractivity contribution in [1.82, 2.24) is 9.36 Å². The number of nitrogens with two attached hydrogens (primary N) is 1. The Labute approximate surface area is 81.7 Å². The van der Waals surface area contributed by atoms with Crippen LogP contribution in [-0.4, -0.2) is 15.9 Å². The maximum absolute atomic E-state index is 5.41. The quantitative estimate of drug-likeness (QED) is 0.771. The van der Waals surface area contributed by atoms with Crippen LogP contribution in [0.3, 0.4) is 0 Å². The van der Waals surface area contributed by atoms with Gasteiger partial charge in [0.2, 0.25) is 11.1 Å². The van der Waals surface area contributed by atoms with Crippen LogP contribution in [0, 0.1) is 11.8 Å². The van der Waals surface area contributed by atoms with Crippen molar-refractivity contribution < 1.29 is 0 Å². The van der Waals surface area contributed by atoms with Crippen LogP contribution in [-0.2, 0) is 0 Å². The SMILES string of the molecule is CC(CNc1nc(N)ns1)C1CC1. The largest absolute Gasteiger partial charge is 0.367 e. The maximum Gasteiger partial charge on any atom is 0.233 e. The van der Waals surface area contributed by atoms with Crippen LogP contribution >= 0.6 is 11.5 Å². The molecule has 13 heavy (non-hydrogen) atoms. The Kier molecular flexibility index (Phi) is 2.35. The smallest absolute Gasteiger partial charge is 0.233 e. The molecule has 1 atom stereocenters. The van der Waals surface area contributed by atoms with Crippen molar-refractivity contribution in [2.45, 2.75) is 19.8 Å². The zero-order chi connectivity index (χ0) is 9.26. The number of hydrogen-bond donors (Lipinski definition) is 2. The van der Waals surface area contributed by atoms with Crippen LogP contribution in [0.25, 0.3) is 0 Å². The van der Waals surface area contributed by atoms with Gasteiger partial charge in [0.1, 0.15) is 0 Å². The highest BCUT2D eigenvalue weighted by molar-refractivity contribution is 7.09. The molecule has 0 aromatic carbocycles. The Morgan fingerprint density at radius 2 is 2.46 bits per heavy atom. The number of anilines is 2. The van der Waals surface area contributed by atoms with Crippen LogP contribution < -0.4 is 11.1 Å². The predicted octanol–water partition coefficient (Wildman–Crippen LogP) is 1.58. The summed E-state index contributed by atoms with van der Waals surface area (Å²) in [6, 6.07) is 0. The van der Waals surface area contributed by atoms with Gasteiger partial charge in [-0.05, 0) is 24.7 Å². The highest BCUT2D eigenvalue weighted by atomic mass is 32.1. The predicted molar refractivity (Wildman–Crippen MR) is 54.7 cm³/mol. The molecule has 5 heteroatoms. The van der Waals surface area contributed by atoms with E-state index in [2.05, 4.69) is 21.6 Å². The molecule has 72 valence electrons. The van der Waals surface area contributed by atoms with Crippen molar-refractivity contribution in [3.05, 3.63) is 0 Å². The molecule has 0 radical (unpaired) electrons. The molecule has 1 aliphatic rings. The molecule has 1 aliphatic carbocycles. The van der Waals surface area contributed by atoms with E-state index in [-0.39, 0.29) is 0 Å². The second-order valence-corrected chi connectivity index (χ2v) is 4.41. The standard InChI is InChI=1S/C8H14N4S/c1-5(6-2-3-6)4-10-8-11-7(9)12-13-8/h5-6H,2-4H2,1H3,(H3,9,10,11,12). The molecule has 1 fully saturated rings. The Balaban J connectivity index is 1.78. The second kappa shape index (κ2) is 3.49. The van der Waals surface area contributed by atoms with E-state index < -0.39 is 0 Å². The van der Waals surface area contributed by atoms with Crippen molar-refractivity contribution in [2.24, 2.45) is 11.8 Å². The summed E-state index contributed by atoms with van der Waals surface area (Å²) in [4.78, 5) is 4.04. The fraction of sp³-hybridized carbons (Fsp3) is 0.750. The summed E-state index contributed by atoms with van der Waals surface area (Å²) < 4.78 is 3.90. The first-order chi connectivity index (χ1) is 6.25. The minimum absolute atomic E-state index is 0.367. The molecule has 0 bridgehead atoms. The molecular formula is C8H14N4S. The van der Waals surface area contributed by atoms with Gasteiger partial charge in [-0.3, -0.25) is 0 Å². The number of aromatic nitrogens is 2. The maximum atomic E-state index is 5.41. The van der Waals surface area contributed by atoms with Crippen LogP contribution in [0.5, 0.6) is 0 Å². The summed E-state index contributed by atoms with van der Waals surface area (Å²) in [6.45, 7) is 3.26. The Morgan fingerprint density at radius 3 is 3.00 bits per heavy atom. The Bertz CT molecular complexity index is 281. The lowest BCUT2D eigenvalue weighted by Crippen LogP contribution is -2.12. The summed E-state index contributed by atoms with van der Waals surface area (Å²) in [5, 5.41) is 4.09. The van der Waals surface area contributed by atoms with Crippen molar-refractivity contribution in [3.8, 4) is 0 Å². The monoisotopic (exact) mass is 198 g/mol. The highest BCUT2D eigenvalue weighted by Gasteiger charge is 2.27. The molecular weight excluding hydrogens is 184 g/mol. The average Bonchev–Trinajstić information content (AvgIpc) is 2.87. The highest BCUT2D eigenvalue weighted by Crippen LogP contribution is 2.36. The lowest BCUT2D eigenvalue weighted by atomic mass is 10.1. The summed E-state index contributed by atoms with van der Waals surface area (Å²) in [5.41, 5.74) is 5.41. The topological polar surface area (TPSA) is 63.8 Å². The first-order valence-corrected chi connectivity index (χ1v) is 5.36. The third kappa shape index (κ3) is 2.30. The van der Waals surface area contributed by atoms with E-state index >= 15 is 0 Å². The van der Waals surface area contributed by atoms with E-state index in [0.29, 0.717) is 5.95 Å². The summed E-state index contributed by atoms with van der Waals surface area (Å²) >= 11 is 1.33. The van der Waals surface area contributed by atoms with Gasteiger partial charge < -0.3 is 11.1 Å². The molecule has 0 spiro atoms. The fourth-order valence-corrected chi connectivity index (χ4v) is 1.89. The van der Waals surface area contributed by atoms with Crippen LogP contribution in [0.1, 0.15) is 19.8 Å². The van der Waals surface area contributed by atoms with E-state index in [4.69, 9.17) is 5.73 Å². The molecule has 3 N–H and O–H groups in total.